The summed E-state index contributed by atoms with van der Waals surface area (Å²) < 4.78 is 31.4. The Hall–Kier alpha value is -1.56. The van der Waals surface area contributed by atoms with Crippen molar-refractivity contribution in [2.24, 2.45) is 5.92 Å². The molecule has 0 radical (unpaired) electrons. The molecule has 0 bridgehead atoms. The second kappa shape index (κ2) is 5.39. The van der Waals surface area contributed by atoms with E-state index in [4.69, 9.17) is 4.74 Å². The zero-order valence-electron chi connectivity index (χ0n) is 10.0. The molecular formula is C12H14F2N2O2. The Morgan fingerprint density at radius 2 is 2.39 bits per heavy atom. The number of methoxy groups -OCH3 is 1. The van der Waals surface area contributed by atoms with Crippen molar-refractivity contribution < 1.29 is 18.3 Å². The minimum atomic E-state index is -1.24. The Morgan fingerprint density at radius 3 is 3.11 bits per heavy atom. The van der Waals surface area contributed by atoms with Crippen LogP contribution in [0.15, 0.2) is 12.3 Å². The summed E-state index contributed by atoms with van der Waals surface area (Å²) in [5, 5.41) is 0. The molecule has 6 heteroatoms. The van der Waals surface area contributed by atoms with Gasteiger partial charge in [0, 0.05) is 32.3 Å². The molecule has 1 aromatic heterocycles. The van der Waals surface area contributed by atoms with Gasteiger partial charge < -0.3 is 9.64 Å². The highest BCUT2D eigenvalue weighted by molar-refractivity contribution is 5.94. The van der Waals surface area contributed by atoms with E-state index in [0.717, 1.165) is 12.6 Å². The summed E-state index contributed by atoms with van der Waals surface area (Å²) in [5.41, 5.74) is -0.263. The first kappa shape index (κ1) is 12.9. The number of nitrogens with zero attached hydrogens (tertiary/aromatic N) is 2. The van der Waals surface area contributed by atoms with Crippen molar-refractivity contribution in [1.82, 2.24) is 9.88 Å². The maximum Gasteiger partial charge on any atom is 0.257 e. The van der Waals surface area contributed by atoms with Crippen LogP contribution in [0.3, 0.4) is 0 Å². The summed E-state index contributed by atoms with van der Waals surface area (Å²) in [6, 6.07) is 1.20. The lowest BCUT2D eigenvalue weighted by atomic mass is 10.1. The molecule has 1 aliphatic rings. The Kier molecular flexibility index (Phi) is 3.86. The normalized spacial score (nSPS) is 19.3. The topological polar surface area (TPSA) is 42.4 Å². The van der Waals surface area contributed by atoms with Crippen LogP contribution in [0.25, 0.3) is 0 Å². The zero-order valence-corrected chi connectivity index (χ0v) is 10.0. The minimum absolute atomic E-state index is 0.258. The number of hydrogen-bond donors (Lipinski definition) is 0. The molecule has 0 N–H and O–H groups in total. The third-order valence-corrected chi connectivity index (χ3v) is 3.05. The van der Waals surface area contributed by atoms with Crippen LogP contribution in [0.1, 0.15) is 16.8 Å². The molecule has 2 rings (SSSR count). The van der Waals surface area contributed by atoms with Gasteiger partial charge in [0.05, 0.1) is 12.2 Å². The highest BCUT2D eigenvalue weighted by atomic mass is 19.2. The van der Waals surface area contributed by atoms with Crippen LogP contribution in [0, 0.1) is 17.7 Å². The highest BCUT2D eigenvalue weighted by Gasteiger charge is 2.29. The van der Waals surface area contributed by atoms with Crippen LogP contribution in [-0.2, 0) is 4.74 Å². The van der Waals surface area contributed by atoms with Crippen LogP contribution >= 0.6 is 0 Å². The molecule has 0 saturated carbocycles. The van der Waals surface area contributed by atoms with E-state index in [1.54, 1.807) is 7.11 Å². The average Bonchev–Trinajstić information content (AvgIpc) is 2.81. The van der Waals surface area contributed by atoms with Crippen LogP contribution in [0.2, 0.25) is 0 Å². The fourth-order valence-electron chi connectivity index (χ4n) is 2.14. The van der Waals surface area contributed by atoms with E-state index in [-0.39, 0.29) is 11.5 Å². The Bertz CT molecular complexity index is 454. The Morgan fingerprint density at radius 1 is 1.61 bits per heavy atom. The van der Waals surface area contributed by atoms with Crippen molar-refractivity contribution >= 4 is 5.91 Å². The highest BCUT2D eigenvalue weighted by Crippen LogP contribution is 2.20. The molecule has 0 aliphatic carbocycles. The Balaban J connectivity index is 2.11. The van der Waals surface area contributed by atoms with Crippen LogP contribution in [-0.4, -0.2) is 42.6 Å². The number of hydrogen-bond acceptors (Lipinski definition) is 3. The lowest BCUT2D eigenvalue weighted by Crippen LogP contribution is -2.30. The molecule has 2 heterocycles. The summed E-state index contributed by atoms with van der Waals surface area (Å²) >= 11 is 0. The van der Waals surface area contributed by atoms with Gasteiger partial charge >= 0.3 is 0 Å². The van der Waals surface area contributed by atoms with Gasteiger partial charge in [0.15, 0.2) is 5.82 Å². The van der Waals surface area contributed by atoms with Gasteiger partial charge in [0.25, 0.3) is 5.91 Å². The monoisotopic (exact) mass is 256 g/mol. The lowest BCUT2D eigenvalue weighted by molar-refractivity contribution is 0.0769. The van der Waals surface area contributed by atoms with Crippen molar-refractivity contribution in [3.05, 3.63) is 29.6 Å². The molecule has 1 saturated heterocycles. The molecule has 1 amide bonds. The van der Waals surface area contributed by atoms with Gasteiger partial charge in [-0.05, 0) is 12.5 Å². The first-order valence-electron chi connectivity index (χ1n) is 5.71. The van der Waals surface area contributed by atoms with Gasteiger partial charge in [-0.3, -0.25) is 4.79 Å². The summed E-state index contributed by atoms with van der Waals surface area (Å²) in [4.78, 5) is 16.7. The molecule has 1 atom stereocenters. The molecule has 0 aromatic carbocycles. The number of halogens is 2. The molecule has 98 valence electrons. The third-order valence-electron chi connectivity index (χ3n) is 3.05. The van der Waals surface area contributed by atoms with Gasteiger partial charge in [0.2, 0.25) is 5.95 Å². The van der Waals surface area contributed by atoms with E-state index in [1.807, 2.05) is 0 Å². The number of aromatic nitrogens is 1. The summed E-state index contributed by atoms with van der Waals surface area (Å²) in [6.45, 7) is 1.61. The molecule has 1 aliphatic heterocycles. The van der Waals surface area contributed by atoms with E-state index >= 15 is 0 Å². The third kappa shape index (κ3) is 2.48. The number of amides is 1. The molecule has 0 spiro atoms. The van der Waals surface area contributed by atoms with E-state index in [0.29, 0.717) is 19.7 Å². The van der Waals surface area contributed by atoms with Gasteiger partial charge in [-0.25, -0.2) is 9.37 Å². The zero-order chi connectivity index (χ0) is 13.1. The van der Waals surface area contributed by atoms with Crippen LogP contribution in [0.4, 0.5) is 8.78 Å². The smallest absolute Gasteiger partial charge is 0.257 e. The summed E-state index contributed by atoms with van der Waals surface area (Å²) in [6.07, 6.45) is 1.91. The van der Waals surface area contributed by atoms with E-state index in [2.05, 4.69) is 4.98 Å². The molecular weight excluding hydrogens is 242 g/mol. The summed E-state index contributed by atoms with van der Waals surface area (Å²) in [5.74, 6) is -2.66. The van der Waals surface area contributed by atoms with Gasteiger partial charge in [-0.2, -0.15) is 4.39 Å². The Labute approximate surface area is 104 Å². The number of carbonyl (C=O) groups is 1. The number of likely N-dealkylation sites (tertiary alicyclic amines) is 1. The van der Waals surface area contributed by atoms with Crippen molar-refractivity contribution in [3.63, 3.8) is 0 Å². The van der Waals surface area contributed by atoms with Crippen LogP contribution < -0.4 is 0 Å². The maximum atomic E-state index is 13.4. The van der Waals surface area contributed by atoms with Crippen molar-refractivity contribution in [2.75, 3.05) is 26.8 Å². The van der Waals surface area contributed by atoms with Crippen molar-refractivity contribution in [2.45, 2.75) is 6.42 Å². The number of rotatable bonds is 3. The first-order valence-corrected chi connectivity index (χ1v) is 5.71. The summed E-state index contributed by atoms with van der Waals surface area (Å²) in [7, 11) is 1.60. The van der Waals surface area contributed by atoms with E-state index in [9.17, 15) is 13.6 Å². The largest absolute Gasteiger partial charge is 0.384 e. The fourth-order valence-corrected chi connectivity index (χ4v) is 2.14. The minimum Gasteiger partial charge on any atom is -0.384 e. The molecule has 1 fully saturated rings. The van der Waals surface area contributed by atoms with Gasteiger partial charge in [-0.1, -0.05) is 0 Å². The quantitative estimate of drug-likeness (QED) is 0.769. The lowest BCUT2D eigenvalue weighted by Gasteiger charge is -2.16. The van der Waals surface area contributed by atoms with E-state index < -0.39 is 17.7 Å². The van der Waals surface area contributed by atoms with Crippen molar-refractivity contribution in [1.29, 1.82) is 0 Å². The average molecular weight is 256 g/mol. The fraction of sp³-hybridized carbons (Fsp3) is 0.500. The van der Waals surface area contributed by atoms with Crippen molar-refractivity contribution in [3.8, 4) is 0 Å². The van der Waals surface area contributed by atoms with Gasteiger partial charge in [0.1, 0.15) is 0 Å². The molecule has 1 unspecified atom stereocenters. The second-order valence-electron chi connectivity index (χ2n) is 4.32. The number of pyridine rings is 1. The predicted octanol–water partition coefficient (Wildman–Crippen LogP) is 1.47. The van der Waals surface area contributed by atoms with E-state index in [1.165, 1.54) is 11.0 Å². The second-order valence-corrected chi connectivity index (χ2v) is 4.32. The predicted molar refractivity (Wildman–Crippen MR) is 60.0 cm³/mol. The standard InChI is InChI=1S/C12H14F2N2O2/c1-18-7-8-3-5-16(6-8)12(17)9-2-4-15-11(14)10(9)13/h2,4,8H,3,5-7H2,1H3. The number of ether oxygens (including phenoxy) is 1. The molecule has 1 aromatic rings. The maximum absolute atomic E-state index is 13.4. The van der Waals surface area contributed by atoms with Crippen LogP contribution in [0.5, 0.6) is 0 Å². The SMILES string of the molecule is COCC1CCN(C(=O)c2ccnc(F)c2F)C1. The first-order chi connectivity index (χ1) is 8.63. The molecule has 18 heavy (non-hydrogen) atoms. The van der Waals surface area contributed by atoms with Gasteiger partial charge in [-0.15, -0.1) is 0 Å². The number of carbonyl (C=O) groups excluding carboxylic acids is 1. The molecule has 4 nitrogen and oxygen atoms in total.